The average Bonchev–Trinajstić information content (AvgIpc) is 2.90. The second-order valence-electron chi connectivity index (χ2n) is 6.48. The zero-order valence-electron chi connectivity index (χ0n) is 13.5. The minimum absolute atomic E-state index is 0.126. The summed E-state index contributed by atoms with van der Waals surface area (Å²) >= 11 is 0. The summed E-state index contributed by atoms with van der Waals surface area (Å²) < 4.78 is 0. The quantitative estimate of drug-likeness (QED) is 0.725. The molecule has 2 aromatic carbocycles. The third-order valence-corrected chi connectivity index (χ3v) is 4.68. The number of H-pyrrole nitrogens is 1. The molecule has 0 saturated carbocycles. The molecule has 0 fully saturated rings. The molecule has 1 aliphatic heterocycles. The van der Waals surface area contributed by atoms with Crippen molar-refractivity contribution in [3.63, 3.8) is 0 Å². The van der Waals surface area contributed by atoms with Crippen LogP contribution in [0, 0.1) is 13.8 Å². The number of hydrogen-bond acceptors (Lipinski definition) is 1. The summed E-state index contributed by atoms with van der Waals surface area (Å²) in [6, 6.07) is 14.3. The first-order chi connectivity index (χ1) is 11.1. The number of benzene rings is 2. The number of aromatic amines is 1. The predicted molar refractivity (Wildman–Crippen MR) is 92.7 cm³/mol. The predicted octanol–water partition coefficient (Wildman–Crippen LogP) is 3.98. The van der Waals surface area contributed by atoms with Gasteiger partial charge in [-0.05, 0) is 37.6 Å². The van der Waals surface area contributed by atoms with E-state index in [1.54, 1.807) is 0 Å². The summed E-state index contributed by atoms with van der Waals surface area (Å²) in [5.41, 5.74) is 6.88. The number of nitrogens with one attached hydrogen (secondary N) is 1. The van der Waals surface area contributed by atoms with Crippen LogP contribution in [0.15, 0.2) is 42.5 Å². The third kappa shape index (κ3) is 2.42. The first kappa shape index (κ1) is 14.1. The van der Waals surface area contributed by atoms with E-state index in [4.69, 9.17) is 0 Å². The molecule has 4 rings (SSSR count). The molecule has 1 aromatic heterocycles. The van der Waals surface area contributed by atoms with E-state index in [0.717, 1.165) is 24.1 Å². The van der Waals surface area contributed by atoms with Crippen molar-refractivity contribution < 1.29 is 4.79 Å². The van der Waals surface area contributed by atoms with Gasteiger partial charge in [0, 0.05) is 47.2 Å². The van der Waals surface area contributed by atoms with Gasteiger partial charge in [0.05, 0.1) is 0 Å². The van der Waals surface area contributed by atoms with E-state index >= 15 is 0 Å². The second-order valence-corrected chi connectivity index (χ2v) is 6.48. The number of nitrogens with zero attached hydrogens (tertiary/aromatic N) is 1. The topological polar surface area (TPSA) is 36.1 Å². The fraction of sp³-hybridized carbons (Fsp3) is 0.250. The van der Waals surface area contributed by atoms with E-state index in [0.29, 0.717) is 6.54 Å². The summed E-state index contributed by atoms with van der Waals surface area (Å²) in [7, 11) is 0. The van der Waals surface area contributed by atoms with Gasteiger partial charge in [0.15, 0.2) is 0 Å². The van der Waals surface area contributed by atoms with Crippen LogP contribution in [0.1, 0.15) is 32.7 Å². The van der Waals surface area contributed by atoms with Gasteiger partial charge < -0.3 is 9.88 Å². The molecule has 1 amide bonds. The van der Waals surface area contributed by atoms with Gasteiger partial charge in [-0.3, -0.25) is 4.79 Å². The Morgan fingerprint density at radius 3 is 2.74 bits per heavy atom. The Labute approximate surface area is 135 Å². The second kappa shape index (κ2) is 5.27. The van der Waals surface area contributed by atoms with E-state index in [1.807, 2.05) is 36.1 Å². The molecular weight excluding hydrogens is 284 g/mol. The number of amides is 1. The molecule has 1 N–H and O–H groups in total. The molecule has 23 heavy (non-hydrogen) atoms. The van der Waals surface area contributed by atoms with E-state index in [-0.39, 0.29) is 5.91 Å². The van der Waals surface area contributed by atoms with Crippen molar-refractivity contribution in [1.82, 2.24) is 9.88 Å². The Morgan fingerprint density at radius 2 is 1.91 bits per heavy atom. The molecule has 0 aliphatic carbocycles. The van der Waals surface area contributed by atoms with Gasteiger partial charge in [0.2, 0.25) is 0 Å². The van der Waals surface area contributed by atoms with Crippen molar-refractivity contribution in [1.29, 1.82) is 0 Å². The van der Waals surface area contributed by atoms with Gasteiger partial charge in [0.1, 0.15) is 0 Å². The molecular formula is C20H20N2O. The fourth-order valence-corrected chi connectivity index (χ4v) is 3.47. The van der Waals surface area contributed by atoms with Gasteiger partial charge in [-0.1, -0.05) is 29.8 Å². The first-order valence-corrected chi connectivity index (χ1v) is 8.08. The van der Waals surface area contributed by atoms with Crippen molar-refractivity contribution in [2.24, 2.45) is 0 Å². The van der Waals surface area contributed by atoms with E-state index in [1.165, 1.54) is 27.7 Å². The van der Waals surface area contributed by atoms with Crippen LogP contribution in [-0.4, -0.2) is 22.3 Å². The van der Waals surface area contributed by atoms with Crippen LogP contribution < -0.4 is 0 Å². The Balaban J connectivity index is 1.68. The van der Waals surface area contributed by atoms with Crippen LogP contribution in [0.5, 0.6) is 0 Å². The van der Waals surface area contributed by atoms with E-state index < -0.39 is 0 Å². The van der Waals surface area contributed by atoms with E-state index in [9.17, 15) is 4.79 Å². The van der Waals surface area contributed by atoms with Crippen LogP contribution >= 0.6 is 0 Å². The van der Waals surface area contributed by atoms with Gasteiger partial charge in [-0.15, -0.1) is 0 Å². The van der Waals surface area contributed by atoms with Crippen LogP contribution in [0.25, 0.3) is 10.9 Å². The normalized spacial score (nSPS) is 14.1. The molecule has 3 aromatic rings. The molecule has 0 spiro atoms. The summed E-state index contributed by atoms with van der Waals surface area (Å²) in [6.45, 7) is 5.58. The highest BCUT2D eigenvalue weighted by Gasteiger charge is 2.24. The number of carbonyl (C=O) groups is 1. The monoisotopic (exact) mass is 304 g/mol. The molecule has 0 atom stereocenters. The summed E-state index contributed by atoms with van der Waals surface area (Å²) in [5.74, 6) is 0.126. The van der Waals surface area contributed by atoms with Gasteiger partial charge in [-0.25, -0.2) is 0 Å². The molecule has 0 saturated heterocycles. The lowest BCUT2D eigenvalue weighted by Gasteiger charge is -2.27. The number of fused-ring (bicyclic) bond motifs is 3. The van der Waals surface area contributed by atoms with Crippen molar-refractivity contribution >= 4 is 16.8 Å². The van der Waals surface area contributed by atoms with Crippen molar-refractivity contribution in [3.05, 3.63) is 70.4 Å². The Bertz CT molecular complexity index is 907. The number of hydrogen-bond donors (Lipinski definition) is 1. The maximum atomic E-state index is 12.8. The van der Waals surface area contributed by atoms with Crippen LogP contribution in [-0.2, 0) is 13.0 Å². The molecule has 0 radical (unpaired) electrons. The SMILES string of the molecule is Cc1cccc(C(=O)N2CCc3[nH]c4cc(C)ccc4c3C2)c1. The summed E-state index contributed by atoms with van der Waals surface area (Å²) in [4.78, 5) is 18.3. The zero-order chi connectivity index (χ0) is 16.0. The molecule has 2 heterocycles. The Kier molecular flexibility index (Phi) is 3.22. The van der Waals surface area contributed by atoms with Gasteiger partial charge in [0.25, 0.3) is 5.91 Å². The number of carbonyl (C=O) groups excluding carboxylic acids is 1. The van der Waals surface area contributed by atoms with E-state index in [2.05, 4.69) is 30.1 Å². The van der Waals surface area contributed by atoms with Crippen molar-refractivity contribution in [2.45, 2.75) is 26.8 Å². The maximum Gasteiger partial charge on any atom is 0.254 e. The zero-order valence-corrected chi connectivity index (χ0v) is 13.5. The molecule has 3 nitrogen and oxygen atoms in total. The third-order valence-electron chi connectivity index (χ3n) is 4.68. The first-order valence-electron chi connectivity index (χ1n) is 8.08. The maximum absolute atomic E-state index is 12.8. The fourth-order valence-electron chi connectivity index (χ4n) is 3.47. The average molecular weight is 304 g/mol. The highest BCUT2D eigenvalue weighted by atomic mass is 16.2. The van der Waals surface area contributed by atoms with Crippen molar-refractivity contribution in [2.75, 3.05) is 6.54 Å². The highest BCUT2D eigenvalue weighted by Crippen LogP contribution is 2.29. The lowest BCUT2D eigenvalue weighted by atomic mass is 10.0. The van der Waals surface area contributed by atoms with Crippen LogP contribution in [0.3, 0.4) is 0 Å². The molecule has 0 unspecified atom stereocenters. The summed E-state index contributed by atoms with van der Waals surface area (Å²) in [6.07, 6.45) is 0.890. The Morgan fingerprint density at radius 1 is 1.09 bits per heavy atom. The highest BCUT2D eigenvalue weighted by molar-refractivity contribution is 5.95. The Hall–Kier alpha value is -2.55. The number of aryl methyl sites for hydroxylation is 2. The lowest BCUT2D eigenvalue weighted by molar-refractivity contribution is 0.0735. The standard InChI is InChI=1S/C20H20N2O/c1-13-4-3-5-15(10-13)20(23)22-9-8-18-17(12-22)16-7-6-14(2)11-19(16)21-18/h3-7,10-11,21H,8-9,12H2,1-2H3. The summed E-state index contributed by atoms with van der Waals surface area (Å²) in [5, 5.41) is 1.24. The largest absolute Gasteiger partial charge is 0.358 e. The smallest absolute Gasteiger partial charge is 0.254 e. The minimum atomic E-state index is 0.126. The van der Waals surface area contributed by atoms with Crippen LogP contribution in [0.2, 0.25) is 0 Å². The van der Waals surface area contributed by atoms with Gasteiger partial charge in [-0.2, -0.15) is 0 Å². The minimum Gasteiger partial charge on any atom is -0.358 e. The molecule has 116 valence electrons. The number of rotatable bonds is 1. The van der Waals surface area contributed by atoms with Crippen LogP contribution in [0.4, 0.5) is 0 Å². The number of aromatic nitrogens is 1. The lowest BCUT2D eigenvalue weighted by Crippen LogP contribution is -2.35. The molecule has 1 aliphatic rings. The van der Waals surface area contributed by atoms with Gasteiger partial charge >= 0.3 is 0 Å². The van der Waals surface area contributed by atoms with Crippen molar-refractivity contribution in [3.8, 4) is 0 Å². The molecule has 0 bridgehead atoms. The molecule has 3 heteroatoms.